The number of nitrogen functional groups attached to an aromatic ring is 1. The highest BCUT2D eigenvalue weighted by atomic mass is 35.5. The fraction of sp³-hybridized carbons (Fsp3) is 0.167. The lowest BCUT2D eigenvalue weighted by atomic mass is 10.2. The second kappa shape index (κ2) is 5.18. The van der Waals surface area contributed by atoms with Crippen molar-refractivity contribution in [1.29, 1.82) is 0 Å². The van der Waals surface area contributed by atoms with Crippen LogP contribution in [0.15, 0.2) is 24.5 Å². The molecule has 0 unspecified atom stereocenters. The summed E-state index contributed by atoms with van der Waals surface area (Å²) in [5.41, 5.74) is 6.43. The van der Waals surface area contributed by atoms with Gasteiger partial charge in [0.15, 0.2) is 0 Å². The van der Waals surface area contributed by atoms with Crippen molar-refractivity contribution in [1.82, 2.24) is 9.97 Å². The third-order valence-electron chi connectivity index (χ3n) is 2.40. The van der Waals surface area contributed by atoms with Crippen LogP contribution in [0, 0.1) is 5.82 Å². The van der Waals surface area contributed by atoms with Gasteiger partial charge in [0.05, 0.1) is 10.6 Å². The highest BCUT2D eigenvalue weighted by Gasteiger charge is 2.10. The average molecular weight is 268 g/mol. The van der Waals surface area contributed by atoms with Gasteiger partial charge in [-0.3, -0.25) is 0 Å². The van der Waals surface area contributed by atoms with Gasteiger partial charge in [-0.15, -0.1) is 0 Å². The molecule has 1 heterocycles. The molecule has 2 rings (SSSR count). The molecule has 0 saturated carbocycles. The third kappa shape index (κ3) is 2.51. The number of anilines is 1. The number of aromatic nitrogens is 2. The molecule has 2 aromatic rings. The normalized spacial score (nSPS) is 10.4. The largest absolute Gasteiger partial charge is 0.438 e. The third-order valence-corrected chi connectivity index (χ3v) is 2.69. The van der Waals surface area contributed by atoms with E-state index < -0.39 is 5.82 Å². The first-order valence-electron chi connectivity index (χ1n) is 5.34. The smallest absolute Gasteiger partial charge is 0.227 e. The molecule has 0 fully saturated rings. The van der Waals surface area contributed by atoms with Crippen molar-refractivity contribution >= 4 is 17.4 Å². The summed E-state index contributed by atoms with van der Waals surface area (Å²) in [7, 11) is 0. The summed E-state index contributed by atoms with van der Waals surface area (Å²) in [4.78, 5) is 7.89. The monoisotopic (exact) mass is 267 g/mol. The number of hydrogen-bond donors (Lipinski definition) is 1. The summed E-state index contributed by atoms with van der Waals surface area (Å²) in [6, 6.07) is 4.08. The molecule has 1 aromatic carbocycles. The molecule has 0 saturated heterocycles. The van der Waals surface area contributed by atoms with E-state index in [9.17, 15) is 4.39 Å². The van der Waals surface area contributed by atoms with E-state index in [1.165, 1.54) is 24.5 Å². The fourth-order valence-corrected chi connectivity index (χ4v) is 1.65. The molecule has 0 aliphatic heterocycles. The van der Waals surface area contributed by atoms with Crippen molar-refractivity contribution < 1.29 is 9.13 Å². The topological polar surface area (TPSA) is 61.0 Å². The van der Waals surface area contributed by atoms with Crippen molar-refractivity contribution in [3.05, 3.63) is 40.9 Å². The number of nitrogens with two attached hydrogens (primary N) is 1. The summed E-state index contributed by atoms with van der Waals surface area (Å²) in [5.74, 6) is 0.625. The van der Waals surface area contributed by atoms with E-state index in [0.29, 0.717) is 29.4 Å². The molecule has 0 spiro atoms. The number of hydrogen-bond acceptors (Lipinski definition) is 4. The van der Waals surface area contributed by atoms with Crippen LogP contribution in [0.1, 0.15) is 12.5 Å². The van der Waals surface area contributed by atoms with Gasteiger partial charge in [0.2, 0.25) is 5.88 Å². The number of rotatable bonds is 3. The van der Waals surface area contributed by atoms with Gasteiger partial charge in [-0.2, -0.15) is 0 Å². The van der Waals surface area contributed by atoms with Crippen molar-refractivity contribution in [2.24, 2.45) is 0 Å². The van der Waals surface area contributed by atoms with Crippen LogP contribution in [0.4, 0.5) is 10.2 Å². The molecule has 4 nitrogen and oxygen atoms in total. The molecule has 18 heavy (non-hydrogen) atoms. The molecular formula is C12H11ClFN3O. The Kier molecular flexibility index (Phi) is 3.62. The Morgan fingerprint density at radius 2 is 2.17 bits per heavy atom. The minimum absolute atomic E-state index is 0.00687. The Morgan fingerprint density at radius 1 is 1.39 bits per heavy atom. The molecule has 0 bridgehead atoms. The second-order valence-electron chi connectivity index (χ2n) is 3.57. The quantitative estimate of drug-likeness (QED) is 0.928. The van der Waals surface area contributed by atoms with E-state index in [1.807, 2.05) is 6.92 Å². The Balaban J connectivity index is 2.34. The Hall–Kier alpha value is -1.88. The molecule has 2 N–H and O–H groups in total. The molecular weight excluding hydrogens is 257 g/mol. The Morgan fingerprint density at radius 3 is 2.83 bits per heavy atom. The predicted molar refractivity (Wildman–Crippen MR) is 67.3 cm³/mol. The van der Waals surface area contributed by atoms with Crippen molar-refractivity contribution in [3.63, 3.8) is 0 Å². The lowest BCUT2D eigenvalue weighted by Crippen LogP contribution is -2.01. The standard InChI is InChI=1S/C12H11ClFN3O/c1-2-8-11(15)16-6-17-12(8)18-7-3-4-10(14)9(13)5-7/h3-6H,2H2,1H3,(H2,15,16,17). The van der Waals surface area contributed by atoms with Crippen LogP contribution in [-0.4, -0.2) is 9.97 Å². The Bertz CT molecular complexity index is 577. The fourth-order valence-electron chi connectivity index (χ4n) is 1.48. The maximum Gasteiger partial charge on any atom is 0.227 e. The van der Waals surface area contributed by atoms with E-state index >= 15 is 0 Å². The predicted octanol–water partition coefficient (Wildman–Crippen LogP) is 3.21. The van der Waals surface area contributed by atoms with Crippen molar-refractivity contribution in [2.45, 2.75) is 13.3 Å². The first-order chi connectivity index (χ1) is 8.61. The molecule has 0 aliphatic rings. The SMILES string of the molecule is CCc1c(N)ncnc1Oc1ccc(F)c(Cl)c1. The zero-order chi connectivity index (χ0) is 13.1. The van der Waals surface area contributed by atoms with Crippen LogP contribution in [-0.2, 0) is 6.42 Å². The number of benzene rings is 1. The first kappa shape index (κ1) is 12.6. The summed E-state index contributed by atoms with van der Waals surface area (Å²) < 4.78 is 18.5. The minimum atomic E-state index is -0.498. The van der Waals surface area contributed by atoms with E-state index in [-0.39, 0.29) is 5.02 Å². The van der Waals surface area contributed by atoms with Gasteiger partial charge < -0.3 is 10.5 Å². The van der Waals surface area contributed by atoms with E-state index in [1.54, 1.807) is 0 Å². The number of halogens is 2. The summed E-state index contributed by atoms with van der Waals surface area (Å²) in [6.07, 6.45) is 1.95. The van der Waals surface area contributed by atoms with Gasteiger partial charge in [-0.1, -0.05) is 18.5 Å². The highest BCUT2D eigenvalue weighted by Crippen LogP contribution is 2.28. The molecule has 0 atom stereocenters. The van der Waals surface area contributed by atoms with Crippen LogP contribution in [0.5, 0.6) is 11.6 Å². The molecule has 0 amide bonds. The van der Waals surface area contributed by atoms with Gasteiger partial charge in [0, 0.05) is 6.07 Å². The lowest BCUT2D eigenvalue weighted by molar-refractivity contribution is 0.454. The molecule has 1 aromatic heterocycles. The summed E-state index contributed by atoms with van der Waals surface area (Å²) >= 11 is 5.67. The number of nitrogens with zero attached hydrogens (tertiary/aromatic N) is 2. The van der Waals surface area contributed by atoms with Gasteiger partial charge >= 0.3 is 0 Å². The van der Waals surface area contributed by atoms with Crippen molar-refractivity contribution in [3.8, 4) is 11.6 Å². The highest BCUT2D eigenvalue weighted by molar-refractivity contribution is 6.30. The van der Waals surface area contributed by atoms with Gasteiger partial charge in [0.25, 0.3) is 0 Å². The first-order valence-corrected chi connectivity index (χ1v) is 5.72. The maximum absolute atomic E-state index is 13.0. The van der Waals surface area contributed by atoms with Crippen LogP contribution in [0.3, 0.4) is 0 Å². The zero-order valence-corrected chi connectivity index (χ0v) is 10.4. The van der Waals surface area contributed by atoms with Gasteiger partial charge in [-0.25, -0.2) is 14.4 Å². The van der Waals surface area contributed by atoms with E-state index in [0.717, 1.165) is 0 Å². The molecule has 6 heteroatoms. The number of ether oxygens (including phenoxy) is 1. The maximum atomic E-state index is 13.0. The summed E-state index contributed by atoms with van der Waals surface area (Å²) in [5, 5.41) is -0.00687. The molecule has 0 aliphatic carbocycles. The average Bonchev–Trinajstić information content (AvgIpc) is 2.34. The van der Waals surface area contributed by atoms with Gasteiger partial charge in [-0.05, 0) is 18.6 Å². The lowest BCUT2D eigenvalue weighted by Gasteiger charge is -2.10. The van der Waals surface area contributed by atoms with Gasteiger partial charge in [0.1, 0.15) is 23.7 Å². The van der Waals surface area contributed by atoms with Crippen LogP contribution in [0.2, 0.25) is 5.02 Å². The van der Waals surface area contributed by atoms with Crippen LogP contribution >= 0.6 is 11.6 Å². The van der Waals surface area contributed by atoms with Crippen LogP contribution in [0.25, 0.3) is 0 Å². The molecule has 0 radical (unpaired) electrons. The summed E-state index contributed by atoms with van der Waals surface area (Å²) in [6.45, 7) is 1.92. The van der Waals surface area contributed by atoms with Crippen molar-refractivity contribution in [2.75, 3.05) is 5.73 Å². The van der Waals surface area contributed by atoms with E-state index in [4.69, 9.17) is 22.1 Å². The van der Waals surface area contributed by atoms with E-state index in [2.05, 4.69) is 9.97 Å². The minimum Gasteiger partial charge on any atom is -0.438 e. The van der Waals surface area contributed by atoms with Crippen LogP contribution < -0.4 is 10.5 Å². The molecule has 94 valence electrons. The zero-order valence-electron chi connectivity index (χ0n) is 9.65. The second-order valence-corrected chi connectivity index (χ2v) is 3.98. The Labute approximate surface area is 109 Å².